The van der Waals surface area contributed by atoms with Crippen LogP contribution in [0.2, 0.25) is 0 Å². The Morgan fingerprint density at radius 2 is 1.67 bits per heavy atom. The Balaban J connectivity index is 2.13. The molecule has 1 aromatic carbocycles. The molecule has 0 aliphatic heterocycles. The number of rotatable bonds is 3. The van der Waals surface area contributed by atoms with E-state index < -0.39 is 9.84 Å². The first kappa shape index (κ1) is 13.6. The van der Waals surface area contributed by atoms with Crippen LogP contribution in [-0.2, 0) is 9.84 Å². The lowest BCUT2D eigenvalue weighted by molar-refractivity contribution is 0.308. The van der Waals surface area contributed by atoms with Gasteiger partial charge in [0.15, 0.2) is 9.84 Å². The van der Waals surface area contributed by atoms with Gasteiger partial charge in [0.25, 0.3) is 0 Å². The lowest BCUT2D eigenvalue weighted by Crippen LogP contribution is -2.23. The Bertz CT molecular complexity index is 487. The van der Waals surface area contributed by atoms with E-state index in [9.17, 15) is 8.42 Å². The van der Waals surface area contributed by atoms with Gasteiger partial charge in [-0.1, -0.05) is 31.4 Å². The van der Waals surface area contributed by atoms with E-state index in [0.29, 0.717) is 10.8 Å². The summed E-state index contributed by atoms with van der Waals surface area (Å²) in [5, 5.41) is 0. The summed E-state index contributed by atoms with van der Waals surface area (Å²) < 4.78 is 22.8. The van der Waals surface area contributed by atoms with Gasteiger partial charge in [0.1, 0.15) is 0 Å². The molecule has 18 heavy (non-hydrogen) atoms. The third-order valence-corrected chi connectivity index (χ3v) is 4.98. The molecule has 1 saturated carbocycles. The van der Waals surface area contributed by atoms with Crippen molar-refractivity contribution in [3.05, 3.63) is 29.8 Å². The molecule has 2 N–H and O–H groups in total. The van der Waals surface area contributed by atoms with Gasteiger partial charge in [-0.3, -0.25) is 0 Å². The van der Waals surface area contributed by atoms with E-state index in [0.717, 1.165) is 5.56 Å². The van der Waals surface area contributed by atoms with Crippen LogP contribution in [0.25, 0.3) is 0 Å². The van der Waals surface area contributed by atoms with Gasteiger partial charge in [-0.25, -0.2) is 8.42 Å². The Morgan fingerprint density at radius 1 is 1.11 bits per heavy atom. The van der Waals surface area contributed by atoms with Crippen molar-refractivity contribution in [1.29, 1.82) is 0 Å². The molecule has 0 radical (unpaired) electrons. The van der Waals surface area contributed by atoms with Crippen LogP contribution < -0.4 is 5.73 Å². The molecule has 0 amide bonds. The van der Waals surface area contributed by atoms with Crippen LogP contribution in [0, 0.1) is 5.92 Å². The maximum absolute atomic E-state index is 11.4. The molecular weight excluding hydrogens is 246 g/mol. The summed E-state index contributed by atoms with van der Waals surface area (Å²) in [4.78, 5) is 0.363. The minimum atomic E-state index is -3.11. The number of benzene rings is 1. The van der Waals surface area contributed by atoms with Crippen LogP contribution in [-0.4, -0.2) is 14.7 Å². The van der Waals surface area contributed by atoms with Gasteiger partial charge in [-0.15, -0.1) is 0 Å². The van der Waals surface area contributed by atoms with Crippen molar-refractivity contribution in [2.24, 2.45) is 11.7 Å². The molecule has 0 aromatic heterocycles. The van der Waals surface area contributed by atoms with E-state index in [1.54, 1.807) is 12.1 Å². The summed E-state index contributed by atoms with van der Waals surface area (Å²) in [5.74, 6) is 0.544. The SMILES string of the molecule is CS(=O)(=O)c1ccc(C(N)C2CCCCC2)cc1. The second-order valence-electron chi connectivity index (χ2n) is 5.27. The maximum atomic E-state index is 11.4. The van der Waals surface area contributed by atoms with Gasteiger partial charge in [0.2, 0.25) is 0 Å². The molecule has 1 aliphatic rings. The average Bonchev–Trinajstić information content (AvgIpc) is 2.38. The van der Waals surface area contributed by atoms with E-state index in [4.69, 9.17) is 5.73 Å². The molecule has 1 unspecified atom stereocenters. The highest BCUT2D eigenvalue weighted by Gasteiger charge is 2.22. The van der Waals surface area contributed by atoms with Crippen LogP contribution in [0.15, 0.2) is 29.2 Å². The molecule has 1 aromatic rings. The zero-order valence-electron chi connectivity index (χ0n) is 10.8. The number of hydrogen-bond acceptors (Lipinski definition) is 3. The van der Waals surface area contributed by atoms with Crippen LogP contribution in [0.1, 0.15) is 43.7 Å². The lowest BCUT2D eigenvalue weighted by Gasteiger charge is -2.27. The van der Waals surface area contributed by atoms with E-state index >= 15 is 0 Å². The summed E-state index contributed by atoms with van der Waals surface area (Å²) in [6.07, 6.45) is 7.45. The van der Waals surface area contributed by atoms with Gasteiger partial charge in [0.05, 0.1) is 4.90 Å². The molecule has 2 rings (SSSR count). The van der Waals surface area contributed by atoms with Crippen molar-refractivity contribution >= 4 is 9.84 Å². The first-order chi connectivity index (χ1) is 8.48. The first-order valence-electron chi connectivity index (χ1n) is 6.54. The van der Waals surface area contributed by atoms with Crippen molar-refractivity contribution in [3.63, 3.8) is 0 Å². The highest BCUT2D eigenvalue weighted by molar-refractivity contribution is 7.90. The molecule has 0 spiro atoms. The summed E-state index contributed by atoms with van der Waals surface area (Å²) in [5.41, 5.74) is 7.33. The molecule has 1 atom stereocenters. The molecule has 1 fully saturated rings. The number of nitrogens with two attached hydrogens (primary N) is 1. The highest BCUT2D eigenvalue weighted by Crippen LogP contribution is 2.33. The maximum Gasteiger partial charge on any atom is 0.175 e. The van der Waals surface area contributed by atoms with Crippen LogP contribution in [0.5, 0.6) is 0 Å². The van der Waals surface area contributed by atoms with Gasteiger partial charge in [0, 0.05) is 12.3 Å². The Labute approximate surface area is 109 Å². The smallest absolute Gasteiger partial charge is 0.175 e. The predicted molar refractivity (Wildman–Crippen MR) is 73.1 cm³/mol. The summed E-state index contributed by atoms with van der Waals surface area (Å²) in [6, 6.07) is 7.07. The quantitative estimate of drug-likeness (QED) is 0.916. The lowest BCUT2D eigenvalue weighted by atomic mass is 9.81. The molecule has 4 heteroatoms. The number of sulfone groups is 1. The third kappa shape index (κ3) is 3.12. The molecule has 100 valence electrons. The van der Waals surface area contributed by atoms with Crippen molar-refractivity contribution in [2.75, 3.05) is 6.26 Å². The van der Waals surface area contributed by atoms with Gasteiger partial charge in [-0.05, 0) is 36.5 Å². The van der Waals surface area contributed by atoms with Crippen molar-refractivity contribution in [2.45, 2.75) is 43.0 Å². The second-order valence-corrected chi connectivity index (χ2v) is 7.28. The third-order valence-electron chi connectivity index (χ3n) is 3.85. The zero-order chi connectivity index (χ0) is 13.2. The Hall–Kier alpha value is -0.870. The number of hydrogen-bond donors (Lipinski definition) is 1. The first-order valence-corrected chi connectivity index (χ1v) is 8.43. The van der Waals surface area contributed by atoms with Gasteiger partial charge < -0.3 is 5.73 Å². The summed E-state index contributed by atoms with van der Waals surface area (Å²) in [7, 11) is -3.11. The standard InChI is InChI=1S/C14H21NO2S/c1-18(16,17)13-9-7-12(8-10-13)14(15)11-5-3-2-4-6-11/h7-11,14H,2-6,15H2,1H3. The largest absolute Gasteiger partial charge is 0.324 e. The molecule has 0 saturated heterocycles. The fourth-order valence-electron chi connectivity index (χ4n) is 2.70. The fraction of sp³-hybridized carbons (Fsp3) is 0.571. The van der Waals surface area contributed by atoms with Crippen molar-refractivity contribution in [3.8, 4) is 0 Å². The van der Waals surface area contributed by atoms with Crippen LogP contribution in [0.3, 0.4) is 0 Å². The van der Waals surface area contributed by atoms with Gasteiger partial charge in [-0.2, -0.15) is 0 Å². The predicted octanol–water partition coefficient (Wildman–Crippen LogP) is 2.67. The molecule has 1 aliphatic carbocycles. The van der Waals surface area contributed by atoms with E-state index in [1.165, 1.54) is 38.4 Å². The van der Waals surface area contributed by atoms with E-state index in [2.05, 4.69) is 0 Å². The summed E-state index contributed by atoms with van der Waals surface area (Å²) >= 11 is 0. The topological polar surface area (TPSA) is 60.2 Å². The highest BCUT2D eigenvalue weighted by atomic mass is 32.2. The molecular formula is C14H21NO2S. The Morgan fingerprint density at radius 3 is 2.17 bits per heavy atom. The second kappa shape index (κ2) is 5.41. The monoisotopic (exact) mass is 267 g/mol. The van der Waals surface area contributed by atoms with Crippen molar-refractivity contribution < 1.29 is 8.42 Å². The fourth-order valence-corrected chi connectivity index (χ4v) is 3.33. The zero-order valence-corrected chi connectivity index (χ0v) is 11.6. The average molecular weight is 267 g/mol. The van der Waals surface area contributed by atoms with Crippen molar-refractivity contribution in [1.82, 2.24) is 0 Å². The molecule has 0 heterocycles. The molecule has 3 nitrogen and oxygen atoms in total. The normalized spacial score (nSPS) is 19.7. The molecule has 0 bridgehead atoms. The van der Waals surface area contributed by atoms with Crippen LogP contribution in [0.4, 0.5) is 0 Å². The van der Waals surface area contributed by atoms with Crippen LogP contribution >= 0.6 is 0 Å². The van der Waals surface area contributed by atoms with E-state index in [-0.39, 0.29) is 6.04 Å². The van der Waals surface area contributed by atoms with E-state index in [1.807, 2.05) is 12.1 Å². The minimum absolute atomic E-state index is 0.0407. The van der Waals surface area contributed by atoms with Gasteiger partial charge >= 0.3 is 0 Å². The Kier molecular flexibility index (Phi) is 4.07. The minimum Gasteiger partial charge on any atom is -0.324 e. The summed E-state index contributed by atoms with van der Waals surface area (Å²) in [6.45, 7) is 0.